The Kier molecular flexibility index (Phi) is 6.64. The van der Waals surface area contributed by atoms with E-state index in [0.29, 0.717) is 38.7 Å². The molecule has 0 aliphatic rings. The second kappa shape index (κ2) is 9.60. The molecule has 2 aromatic heterocycles. The van der Waals surface area contributed by atoms with Gasteiger partial charge in [-0.25, -0.2) is 9.67 Å². The average Bonchev–Trinajstić information content (AvgIpc) is 3.36. The maximum absolute atomic E-state index is 12.7. The van der Waals surface area contributed by atoms with E-state index in [9.17, 15) is 4.79 Å². The number of anilines is 1. The van der Waals surface area contributed by atoms with Crippen molar-refractivity contribution in [3.8, 4) is 5.75 Å². The van der Waals surface area contributed by atoms with Crippen molar-refractivity contribution in [2.75, 3.05) is 5.32 Å². The fourth-order valence-corrected chi connectivity index (χ4v) is 3.38. The lowest BCUT2D eigenvalue weighted by Crippen LogP contribution is -2.16. The predicted octanol–water partition coefficient (Wildman–Crippen LogP) is 5.41. The Morgan fingerprint density at radius 3 is 2.72 bits per heavy atom. The molecule has 1 N–H and O–H groups in total. The van der Waals surface area contributed by atoms with Crippen LogP contribution in [0.2, 0.25) is 15.1 Å². The number of aryl methyl sites for hydroxylation is 1. The van der Waals surface area contributed by atoms with Crippen LogP contribution in [0.3, 0.4) is 0 Å². The lowest BCUT2D eigenvalue weighted by atomic mass is 10.2. The molecule has 0 fully saturated rings. The number of halogens is 3. The molecule has 0 spiro atoms. The smallest absolute Gasteiger partial charge is 0.280 e. The third-order valence-electron chi connectivity index (χ3n) is 4.50. The Morgan fingerprint density at radius 1 is 1.12 bits per heavy atom. The Labute approximate surface area is 198 Å². The Bertz CT molecular complexity index is 1270. The van der Waals surface area contributed by atoms with Crippen molar-refractivity contribution in [2.45, 2.75) is 20.1 Å². The monoisotopic (exact) mass is 491 g/mol. The molecular weight excluding hydrogens is 477 g/mol. The first-order valence-electron chi connectivity index (χ1n) is 9.38. The first-order valence-corrected chi connectivity index (χ1v) is 10.5. The van der Waals surface area contributed by atoms with Gasteiger partial charge >= 0.3 is 0 Å². The number of rotatable bonds is 7. The summed E-state index contributed by atoms with van der Waals surface area (Å²) in [5.41, 5.74) is 1.46. The first kappa shape index (κ1) is 22.1. The van der Waals surface area contributed by atoms with Gasteiger partial charge in [0.05, 0.1) is 27.2 Å². The van der Waals surface area contributed by atoms with E-state index in [2.05, 4.69) is 20.6 Å². The van der Waals surface area contributed by atoms with Crippen LogP contribution in [0.15, 0.2) is 53.3 Å². The van der Waals surface area contributed by atoms with Crippen molar-refractivity contribution < 1.29 is 14.1 Å². The number of carbonyl (C=O) groups excluding carboxylic acids is 1. The number of amides is 1. The molecule has 32 heavy (non-hydrogen) atoms. The number of aromatic nitrogens is 4. The van der Waals surface area contributed by atoms with E-state index in [0.717, 1.165) is 5.56 Å². The summed E-state index contributed by atoms with van der Waals surface area (Å²) in [6, 6.07) is 12.3. The van der Waals surface area contributed by atoms with Gasteiger partial charge in [-0.2, -0.15) is 0 Å². The van der Waals surface area contributed by atoms with Crippen LogP contribution in [0, 0.1) is 6.92 Å². The molecule has 1 amide bonds. The van der Waals surface area contributed by atoms with E-state index in [1.807, 2.05) is 6.07 Å². The molecule has 4 aromatic rings. The van der Waals surface area contributed by atoms with Gasteiger partial charge in [0.25, 0.3) is 5.91 Å². The minimum Gasteiger partial charge on any atom is -0.487 e. The van der Waals surface area contributed by atoms with Crippen molar-refractivity contribution >= 4 is 46.7 Å². The number of para-hydroxylation sites is 1. The molecular formula is C21H16Cl3N5O3. The fourth-order valence-electron chi connectivity index (χ4n) is 2.87. The second-order valence-corrected chi connectivity index (χ2v) is 7.97. The fraction of sp³-hybridized carbons (Fsp3) is 0.143. The van der Waals surface area contributed by atoms with Crippen molar-refractivity contribution in [2.24, 2.45) is 0 Å². The first-order chi connectivity index (χ1) is 15.4. The lowest BCUT2D eigenvalue weighted by molar-refractivity contribution is 0.101. The molecule has 8 nitrogen and oxygen atoms in total. The molecule has 0 saturated carbocycles. The van der Waals surface area contributed by atoms with Gasteiger partial charge < -0.3 is 9.26 Å². The third kappa shape index (κ3) is 5.04. The highest BCUT2D eigenvalue weighted by Crippen LogP contribution is 2.26. The van der Waals surface area contributed by atoms with Gasteiger partial charge in [0, 0.05) is 0 Å². The van der Waals surface area contributed by atoms with Crippen LogP contribution in [0.4, 0.5) is 5.95 Å². The molecule has 11 heteroatoms. The van der Waals surface area contributed by atoms with E-state index >= 15 is 0 Å². The highest BCUT2D eigenvalue weighted by Gasteiger charge is 2.22. The summed E-state index contributed by atoms with van der Waals surface area (Å²) in [6.07, 6.45) is 1.49. The van der Waals surface area contributed by atoms with E-state index in [1.165, 1.54) is 6.33 Å². The number of hydrogen-bond donors (Lipinski definition) is 1. The second-order valence-electron chi connectivity index (χ2n) is 6.75. The average molecular weight is 493 g/mol. The van der Waals surface area contributed by atoms with Crippen molar-refractivity contribution in [1.29, 1.82) is 0 Å². The molecule has 0 radical (unpaired) electrons. The number of hydrogen-bond acceptors (Lipinski definition) is 6. The standard InChI is InChI=1S/C21H16Cl3N5O3/c1-12-14(10-31-18-5-3-2-4-16(18)23)19(28-32-12)20(30)26-21-25-11-29(27-21)9-13-6-7-15(22)17(24)8-13/h2-8,11H,9-10H2,1H3,(H,26,27,30). The van der Waals surface area contributed by atoms with E-state index in [4.69, 9.17) is 44.1 Å². The van der Waals surface area contributed by atoms with E-state index in [-0.39, 0.29) is 18.2 Å². The van der Waals surface area contributed by atoms with Gasteiger partial charge in [-0.15, -0.1) is 5.10 Å². The number of nitrogens with one attached hydrogen (secondary N) is 1. The molecule has 0 aliphatic carbocycles. The molecule has 0 saturated heterocycles. The van der Waals surface area contributed by atoms with Crippen LogP contribution in [0.25, 0.3) is 0 Å². The molecule has 0 aliphatic heterocycles. The van der Waals surface area contributed by atoms with Crippen molar-refractivity contribution in [1.82, 2.24) is 19.9 Å². The molecule has 4 rings (SSSR count). The molecule has 0 bridgehead atoms. The van der Waals surface area contributed by atoms with E-state index in [1.54, 1.807) is 48.0 Å². The Hall–Kier alpha value is -3.07. The maximum atomic E-state index is 12.7. The summed E-state index contributed by atoms with van der Waals surface area (Å²) in [5.74, 6) is 0.546. The lowest BCUT2D eigenvalue weighted by Gasteiger charge is -2.08. The van der Waals surface area contributed by atoms with E-state index < -0.39 is 5.91 Å². The number of carbonyl (C=O) groups is 1. The van der Waals surface area contributed by atoms with Crippen LogP contribution in [-0.4, -0.2) is 25.8 Å². The van der Waals surface area contributed by atoms with Crippen molar-refractivity contribution in [3.05, 3.63) is 86.4 Å². The van der Waals surface area contributed by atoms with Crippen molar-refractivity contribution in [3.63, 3.8) is 0 Å². The third-order valence-corrected chi connectivity index (χ3v) is 5.55. The largest absolute Gasteiger partial charge is 0.487 e. The van der Waals surface area contributed by atoms with Gasteiger partial charge in [-0.05, 0) is 36.8 Å². The minimum absolute atomic E-state index is 0.0566. The van der Waals surface area contributed by atoms with Gasteiger partial charge in [0.1, 0.15) is 24.4 Å². The molecule has 0 unspecified atom stereocenters. The minimum atomic E-state index is -0.521. The highest BCUT2D eigenvalue weighted by molar-refractivity contribution is 6.42. The Morgan fingerprint density at radius 2 is 1.94 bits per heavy atom. The number of benzene rings is 2. The van der Waals surface area contributed by atoms with Crippen LogP contribution < -0.4 is 10.1 Å². The summed E-state index contributed by atoms with van der Waals surface area (Å²) in [6.45, 7) is 2.15. The quantitative estimate of drug-likeness (QED) is 0.370. The predicted molar refractivity (Wildman–Crippen MR) is 121 cm³/mol. The van der Waals surface area contributed by atoms with Gasteiger partial charge in [0.2, 0.25) is 5.95 Å². The number of nitrogens with zero attached hydrogens (tertiary/aromatic N) is 4. The summed E-state index contributed by atoms with van der Waals surface area (Å²) < 4.78 is 12.5. The molecule has 2 aromatic carbocycles. The summed E-state index contributed by atoms with van der Waals surface area (Å²) in [7, 11) is 0. The topological polar surface area (TPSA) is 95.1 Å². The van der Waals surface area contributed by atoms with Gasteiger partial charge in [-0.1, -0.05) is 58.2 Å². The van der Waals surface area contributed by atoms with Gasteiger partial charge in [-0.3, -0.25) is 10.1 Å². The van der Waals surface area contributed by atoms with Gasteiger partial charge in [0.15, 0.2) is 5.69 Å². The van der Waals surface area contributed by atoms with Crippen LogP contribution in [-0.2, 0) is 13.2 Å². The zero-order valence-electron chi connectivity index (χ0n) is 16.7. The summed E-state index contributed by atoms with van der Waals surface area (Å²) in [4.78, 5) is 16.9. The SMILES string of the molecule is Cc1onc(C(=O)Nc2ncn(Cc3ccc(Cl)c(Cl)c3)n2)c1COc1ccccc1Cl. The molecule has 0 atom stereocenters. The number of ether oxygens (including phenoxy) is 1. The zero-order valence-corrected chi connectivity index (χ0v) is 18.9. The molecule has 164 valence electrons. The van der Waals surface area contributed by atoms with Crippen LogP contribution >= 0.6 is 34.8 Å². The summed E-state index contributed by atoms with van der Waals surface area (Å²) in [5, 5.41) is 12.1. The van der Waals surface area contributed by atoms with Crippen LogP contribution in [0.1, 0.15) is 27.4 Å². The maximum Gasteiger partial charge on any atom is 0.280 e. The zero-order chi connectivity index (χ0) is 22.7. The molecule has 2 heterocycles. The van der Waals surface area contributed by atoms with Crippen LogP contribution in [0.5, 0.6) is 5.75 Å². The Balaban J connectivity index is 1.43. The highest BCUT2D eigenvalue weighted by atomic mass is 35.5. The normalized spacial score (nSPS) is 10.9. The summed E-state index contributed by atoms with van der Waals surface area (Å²) >= 11 is 18.1.